The van der Waals surface area contributed by atoms with Gasteiger partial charge in [-0.1, -0.05) is 27.3 Å². The van der Waals surface area contributed by atoms with Crippen molar-refractivity contribution in [3.63, 3.8) is 0 Å². The number of nitrogens with one attached hydrogen (secondary N) is 1. The lowest BCUT2D eigenvalue weighted by molar-refractivity contribution is 0.0939. The number of halogens is 1. The quantitative estimate of drug-likeness (QED) is 0.906. The van der Waals surface area contributed by atoms with Crippen molar-refractivity contribution >= 4 is 38.9 Å². The normalized spacial score (nSPS) is 18.0. The Balaban J connectivity index is 1.59. The monoisotopic (exact) mass is 366 g/mol. The number of nitrogens with zero attached hydrogens (tertiary/aromatic N) is 3. The summed E-state index contributed by atoms with van der Waals surface area (Å²) in [6.45, 7) is 3.62. The van der Waals surface area contributed by atoms with Gasteiger partial charge in [0.2, 0.25) is 5.01 Å². The van der Waals surface area contributed by atoms with Crippen LogP contribution in [0.1, 0.15) is 21.2 Å². The first kappa shape index (κ1) is 14.5. The Hall–Kier alpha value is -1.47. The predicted octanol–water partition coefficient (Wildman–Crippen LogP) is 2.62. The molecule has 1 saturated heterocycles. The van der Waals surface area contributed by atoms with Crippen LogP contribution in [0, 0.1) is 6.92 Å². The van der Waals surface area contributed by atoms with Crippen molar-refractivity contribution in [2.45, 2.75) is 19.4 Å². The lowest BCUT2D eigenvalue weighted by atomic mass is 10.2. The van der Waals surface area contributed by atoms with Crippen LogP contribution < -0.4 is 10.2 Å². The highest BCUT2D eigenvalue weighted by Crippen LogP contribution is 2.22. The number of aromatic nitrogens is 2. The number of rotatable bonds is 3. The van der Waals surface area contributed by atoms with Gasteiger partial charge < -0.3 is 10.2 Å². The molecule has 0 saturated carbocycles. The van der Waals surface area contributed by atoms with E-state index >= 15 is 0 Å². The van der Waals surface area contributed by atoms with Crippen LogP contribution in [0.15, 0.2) is 28.7 Å². The zero-order valence-corrected chi connectivity index (χ0v) is 13.9. The molecule has 2 heterocycles. The van der Waals surface area contributed by atoms with Crippen molar-refractivity contribution in [3.8, 4) is 0 Å². The van der Waals surface area contributed by atoms with Gasteiger partial charge in [-0.3, -0.25) is 4.79 Å². The first-order chi connectivity index (χ1) is 10.1. The van der Waals surface area contributed by atoms with Crippen LogP contribution in [0.25, 0.3) is 0 Å². The molecule has 0 bridgehead atoms. The fourth-order valence-corrected chi connectivity index (χ4v) is 3.26. The fraction of sp³-hybridized carbons (Fsp3) is 0.357. The van der Waals surface area contributed by atoms with Crippen LogP contribution in [0.5, 0.6) is 0 Å². The van der Waals surface area contributed by atoms with E-state index in [4.69, 9.17) is 0 Å². The van der Waals surface area contributed by atoms with Crippen LogP contribution in [0.4, 0.5) is 5.69 Å². The molecule has 1 atom stereocenters. The van der Waals surface area contributed by atoms with Crippen LogP contribution in [0.2, 0.25) is 0 Å². The SMILES string of the molecule is Cc1nnc(C(=O)NC2CCN(c3ccc(Br)cc3)C2)s1. The first-order valence-electron chi connectivity index (χ1n) is 6.73. The van der Waals surface area contributed by atoms with Crippen molar-refractivity contribution in [2.75, 3.05) is 18.0 Å². The molecular formula is C14H15BrN4OS. The molecule has 1 fully saturated rings. The van der Waals surface area contributed by atoms with Gasteiger partial charge in [-0.05, 0) is 37.6 Å². The van der Waals surface area contributed by atoms with Gasteiger partial charge in [0.25, 0.3) is 5.91 Å². The summed E-state index contributed by atoms with van der Waals surface area (Å²) in [5.41, 5.74) is 1.18. The van der Waals surface area contributed by atoms with E-state index in [0.717, 1.165) is 29.0 Å². The maximum Gasteiger partial charge on any atom is 0.282 e. The smallest absolute Gasteiger partial charge is 0.282 e. The summed E-state index contributed by atoms with van der Waals surface area (Å²) in [4.78, 5) is 14.4. The molecule has 0 aliphatic carbocycles. The molecule has 1 aliphatic heterocycles. The van der Waals surface area contributed by atoms with E-state index in [9.17, 15) is 4.79 Å². The molecule has 21 heavy (non-hydrogen) atoms. The zero-order valence-electron chi connectivity index (χ0n) is 11.5. The Morgan fingerprint density at radius 3 is 2.81 bits per heavy atom. The van der Waals surface area contributed by atoms with Crippen molar-refractivity contribution in [1.82, 2.24) is 15.5 Å². The minimum Gasteiger partial charge on any atom is -0.369 e. The minimum atomic E-state index is -0.122. The zero-order chi connectivity index (χ0) is 14.8. The van der Waals surface area contributed by atoms with E-state index in [1.54, 1.807) is 0 Å². The Kier molecular flexibility index (Phi) is 4.21. The topological polar surface area (TPSA) is 58.1 Å². The van der Waals surface area contributed by atoms with Crippen molar-refractivity contribution in [3.05, 3.63) is 38.8 Å². The van der Waals surface area contributed by atoms with Gasteiger partial charge in [0.1, 0.15) is 5.01 Å². The molecule has 1 aromatic heterocycles. The second kappa shape index (κ2) is 6.11. The van der Waals surface area contributed by atoms with E-state index in [-0.39, 0.29) is 11.9 Å². The fourth-order valence-electron chi connectivity index (χ4n) is 2.40. The molecular weight excluding hydrogens is 352 g/mol. The summed E-state index contributed by atoms with van der Waals surface area (Å²) < 4.78 is 1.07. The van der Waals surface area contributed by atoms with E-state index in [2.05, 4.69) is 48.5 Å². The number of amides is 1. The molecule has 1 aliphatic rings. The standard InChI is InChI=1S/C14H15BrN4OS/c1-9-17-18-14(21-9)13(20)16-11-6-7-19(8-11)12-4-2-10(15)3-5-12/h2-5,11H,6-8H2,1H3,(H,16,20). The van der Waals surface area contributed by atoms with E-state index in [1.165, 1.54) is 17.0 Å². The maximum absolute atomic E-state index is 12.1. The third-order valence-corrected chi connectivity index (χ3v) is 4.80. The molecule has 0 spiro atoms. The molecule has 1 amide bonds. The van der Waals surface area contributed by atoms with E-state index in [1.807, 2.05) is 19.1 Å². The highest BCUT2D eigenvalue weighted by molar-refractivity contribution is 9.10. The molecule has 0 radical (unpaired) electrons. The molecule has 5 nitrogen and oxygen atoms in total. The van der Waals surface area contributed by atoms with Gasteiger partial charge in [-0.15, -0.1) is 10.2 Å². The first-order valence-corrected chi connectivity index (χ1v) is 8.34. The van der Waals surface area contributed by atoms with Crippen LogP contribution in [-0.2, 0) is 0 Å². The van der Waals surface area contributed by atoms with Crippen molar-refractivity contribution < 1.29 is 4.79 Å². The predicted molar refractivity (Wildman–Crippen MR) is 86.9 cm³/mol. The van der Waals surface area contributed by atoms with Gasteiger partial charge in [0.15, 0.2) is 0 Å². The van der Waals surface area contributed by atoms with E-state index < -0.39 is 0 Å². The Labute approximate surface area is 135 Å². The molecule has 1 unspecified atom stereocenters. The molecule has 1 aromatic carbocycles. The third-order valence-electron chi connectivity index (χ3n) is 3.44. The lowest BCUT2D eigenvalue weighted by Gasteiger charge is -2.18. The molecule has 7 heteroatoms. The maximum atomic E-state index is 12.1. The van der Waals surface area contributed by atoms with Gasteiger partial charge in [-0.25, -0.2) is 0 Å². The van der Waals surface area contributed by atoms with E-state index in [0.29, 0.717) is 5.01 Å². The number of aryl methyl sites for hydroxylation is 1. The van der Waals surface area contributed by atoms with Crippen LogP contribution >= 0.6 is 27.3 Å². The van der Waals surface area contributed by atoms with Crippen molar-refractivity contribution in [1.29, 1.82) is 0 Å². The summed E-state index contributed by atoms with van der Waals surface area (Å²) in [6, 6.07) is 8.40. The number of carbonyl (C=O) groups is 1. The second-order valence-electron chi connectivity index (χ2n) is 5.01. The Morgan fingerprint density at radius 2 is 2.14 bits per heavy atom. The Bertz CT molecular complexity index is 643. The average molecular weight is 367 g/mol. The summed E-state index contributed by atoms with van der Waals surface area (Å²) in [5, 5.41) is 12.0. The number of hydrogen-bond acceptors (Lipinski definition) is 5. The van der Waals surface area contributed by atoms with Gasteiger partial charge in [-0.2, -0.15) is 0 Å². The van der Waals surface area contributed by atoms with Crippen LogP contribution in [-0.4, -0.2) is 35.2 Å². The third kappa shape index (κ3) is 3.41. The number of hydrogen-bond donors (Lipinski definition) is 1. The number of anilines is 1. The summed E-state index contributed by atoms with van der Waals surface area (Å²) in [6.07, 6.45) is 0.944. The highest BCUT2D eigenvalue weighted by atomic mass is 79.9. The van der Waals surface area contributed by atoms with Gasteiger partial charge in [0.05, 0.1) is 0 Å². The molecule has 110 valence electrons. The largest absolute Gasteiger partial charge is 0.369 e. The second-order valence-corrected chi connectivity index (χ2v) is 7.11. The highest BCUT2D eigenvalue weighted by Gasteiger charge is 2.25. The molecule has 3 rings (SSSR count). The summed E-state index contributed by atoms with van der Waals surface area (Å²) in [5.74, 6) is -0.122. The number of carbonyl (C=O) groups excluding carboxylic acids is 1. The van der Waals surface area contributed by atoms with Gasteiger partial charge >= 0.3 is 0 Å². The summed E-state index contributed by atoms with van der Waals surface area (Å²) >= 11 is 4.76. The average Bonchev–Trinajstić information content (AvgIpc) is 3.09. The summed E-state index contributed by atoms with van der Waals surface area (Å²) in [7, 11) is 0. The van der Waals surface area contributed by atoms with Crippen molar-refractivity contribution in [2.24, 2.45) is 0 Å². The molecule has 2 aromatic rings. The van der Waals surface area contributed by atoms with Gasteiger partial charge in [0, 0.05) is 29.3 Å². The Morgan fingerprint density at radius 1 is 1.38 bits per heavy atom. The van der Waals surface area contributed by atoms with Crippen LogP contribution in [0.3, 0.4) is 0 Å². The number of benzene rings is 1. The lowest BCUT2D eigenvalue weighted by Crippen LogP contribution is -2.37. The minimum absolute atomic E-state index is 0.122. The molecule has 1 N–H and O–H groups in total.